The quantitative estimate of drug-likeness (QED) is 0.589. The highest BCUT2D eigenvalue weighted by Gasteiger charge is 2.53. The Labute approximate surface area is 106 Å². The second-order valence-electron chi connectivity index (χ2n) is 7.15. The lowest BCUT2D eigenvalue weighted by molar-refractivity contribution is -0.318. The van der Waals surface area contributed by atoms with Gasteiger partial charge in [0.15, 0.2) is 0 Å². The van der Waals surface area contributed by atoms with Crippen LogP contribution >= 0.6 is 0 Å². The van der Waals surface area contributed by atoms with Gasteiger partial charge in [0.2, 0.25) is 0 Å². The van der Waals surface area contributed by atoms with Gasteiger partial charge in [0.05, 0.1) is 0 Å². The van der Waals surface area contributed by atoms with Crippen LogP contribution in [0.1, 0.15) is 53.9 Å². The van der Waals surface area contributed by atoms with Gasteiger partial charge in [-0.3, -0.25) is 5.26 Å². The molecule has 0 heterocycles. The lowest BCUT2D eigenvalue weighted by Crippen LogP contribution is -2.42. The maximum atomic E-state index is 9.33. The first kappa shape index (κ1) is 13.4. The van der Waals surface area contributed by atoms with Gasteiger partial charge in [-0.2, -0.15) is 0 Å². The van der Waals surface area contributed by atoms with Gasteiger partial charge in [-0.05, 0) is 54.3 Å². The first-order valence-corrected chi connectivity index (χ1v) is 7.22. The molecule has 6 atom stereocenters. The van der Waals surface area contributed by atoms with E-state index in [9.17, 15) is 5.26 Å². The first-order valence-electron chi connectivity index (χ1n) is 7.22. The van der Waals surface area contributed by atoms with Crippen LogP contribution in [0.15, 0.2) is 0 Å². The fourth-order valence-electron chi connectivity index (χ4n) is 4.35. The van der Waals surface area contributed by atoms with Crippen molar-refractivity contribution in [2.45, 2.75) is 60.0 Å². The molecule has 2 bridgehead atoms. The lowest BCUT2D eigenvalue weighted by Gasteiger charge is -2.41. The Morgan fingerprint density at radius 2 is 1.88 bits per heavy atom. The minimum absolute atomic E-state index is 0.0115. The van der Waals surface area contributed by atoms with Crippen molar-refractivity contribution >= 4 is 0 Å². The number of hydrogen-bond donors (Lipinski definition) is 1. The van der Waals surface area contributed by atoms with Gasteiger partial charge in [0.25, 0.3) is 0 Å². The summed E-state index contributed by atoms with van der Waals surface area (Å²) in [5, 5.41) is 9.33. The van der Waals surface area contributed by atoms with E-state index in [-0.39, 0.29) is 11.5 Å². The minimum Gasteiger partial charge on any atom is -0.252 e. The summed E-state index contributed by atoms with van der Waals surface area (Å²) >= 11 is 0. The van der Waals surface area contributed by atoms with Crippen molar-refractivity contribution in [3.05, 3.63) is 0 Å². The molecule has 0 saturated heterocycles. The van der Waals surface area contributed by atoms with Gasteiger partial charge in [-0.15, -0.1) is 0 Å². The van der Waals surface area contributed by atoms with Crippen molar-refractivity contribution < 1.29 is 10.1 Å². The van der Waals surface area contributed by atoms with Crippen molar-refractivity contribution in [1.82, 2.24) is 0 Å². The summed E-state index contributed by atoms with van der Waals surface area (Å²) in [5.74, 6) is 3.85. The molecule has 2 aliphatic carbocycles. The predicted octanol–water partition coefficient (Wildman–Crippen LogP) is 4.21. The second-order valence-corrected chi connectivity index (χ2v) is 7.15. The monoisotopic (exact) mass is 240 g/mol. The third-order valence-corrected chi connectivity index (χ3v) is 6.13. The summed E-state index contributed by atoms with van der Waals surface area (Å²) in [6.45, 7) is 11.4. The number of rotatable bonds is 4. The van der Waals surface area contributed by atoms with Gasteiger partial charge in [0.1, 0.15) is 6.10 Å². The molecule has 2 rings (SSSR count). The van der Waals surface area contributed by atoms with Gasteiger partial charge >= 0.3 is 0 Å². The molecular weight excluding hydrogens is 212 g/mol. The van der Waals surface area contributed by atoms with Crippen LogP contribution in [0.4, 0.5) is 0 Å². The van der Waals surface area contributed by atoms with E-state index in [4.69, 9.17) is 4.89 Å². The first-order chi connectivity index (χ1) is 7.92. The molecule has 17 heavy (non-hydrogen) atoms. The molecule has 0 aromatic rings. The predicted molar refractivity (Wildman–Crippen MR) is 69.6 cm³/mol. The topological polar surface area (TPSA) is 29.5 Å². The average Bonchev–Trinajstić information content (AvgIpc) is 2.81. The van der Waals surface area contributed by atoms with Gasteiger partial charge in [-0.1, -0.05) is 34.6 Å². The van der Waals surface area contributed by atoms with Crippen LogP contribution in [0.2, 0.25) is 0 Å². The van der Waals surface area contributed by atoms with Crippen molar-refractivity contribution in [3.63, 3.8) is 0 Å². The SMILES string of the molecule is CCC(C)(C)C(OO)C1CC2CC1C(C)C2C. The Morgan fingerprint density at radius 3 is 2.29 bits per heavy atom. The molecule has 0 aromatic heterocycles. The van der Waals surface area contributed by atoms with E-state index >= 15 is 0 Å². The largest absolute Gasteiger partial charge is 0.252 e. The molecule has 0 spiro atoms. The Hall–Kier alpha value is -0.0800. The molecule has 2 saturated carbocycles. The number of fused-ring (bicyclic) bond motifs is 2. The zero-order chi connectivity index (χ0) is 12.8. The summed E-state index contributed by atoms with van der Waals surface area (Å²) in [7, 11) is 0. The fourth-order valence-corrected chi connectivity index (χ4v) is 4.35. The standard InChI is InChI=1S/C15H28O2/c1-6-15(4,5)14(17-16)13-8-11-7-12(13)10(3)9(11)2/h9-14,16H,6-8H2,1-5H3. The molecule has 0 aliphatic heterocycles. The molecule has 2 fully saturated rings. The minimum atomic E-state index is 0.0115. The van der Waals surface area contributed by atoms with E-state index in [1.807, 2.05) is 0 Å². The van der Waals surface area contributed by atoms with Crippen LogP contribution in [0.5, 0.6) is 0 Å². The van der Waals surface area contributed by atoms with Crippen molar-refractivity contribution in [2.24, 2.45) is 35.0 Å². The zero-order valence-corrected chi connectivity index (χ0v) is 11.9. The second kappa shape index (κ2) is 4.55. The van der Waals surface area contributed by atoms with Crippen LogP contribution < -0.4 is 0 Å². The summed E-state index contributed by atoms with van der Waals surface area (Å²) < 4.78 is 0. The molecule has 0 amide bonds. The molecule has 2 aliphatic rings. The Kier molecular flexibility index (Phi) is 3.57. The van der Waals surface area contributed by atoms with Gasteiger partial charge < -0.3 is 0 Å². The molecule has 2 nitrogen and oxygen atoms in total. The summed E-state index contributed by atoms with van der Waals surface area (Å²) in [5.41, 5.74) is 0.0762. The van der Waals surface area contributed by atoms with Gasteiger partial charge in [-0.25, -0.2) is 4.89 Å². The molecule has 6 unspecified atom stereocenters. The highest BCUT2D eigenvalue weighted by Crippen LogP contribution is 2.58. The molecule has 0 radical (unpaired) electrons. The number of hydrogen-bond acceptors (Lipinski definition) is 2. The molecule has 0 aromatic carbocycles. The summed E-state index contributed by atoms with van der Waals surface area (Å²) in [4.78, 5) is 4.93. The summed E-state index contributed by atoms with van der Waals surface area (Å²) in [6.07, 6.45) is 3.67. The van der Waals surface area contributed by atoms with Crippen molar-refractivity contribution in [2.75, 3.05) is 0 Å². The fraction of sp³-hybridized carbons (Fsp3) is 1.00. The third kappa shape index (κ3) is 2.04. The third-order valence-electron chi connectivity index (χ3n) is 6.13. The molecule has 100 valence electrons. The summed E-state index contributed by atoms with van der Waals surface area (Å²) in [6, 6.07) is 0. The van der Waals surface area contributed by atoms with E-state index in [2.05, 4.69) is 34.6 Å². The molecule has 2 heteroatoms. The highest BCUT2D eigenvalue weighted by molar-refractivity contribution is 5.02. The van der Waals surface area contributed by atoms with Crippen LogP contribution in [0.3, 0.4) is 0 Å². The smallest absolute Gasteiger partial charge is 0.101 e. The zero-order valence-electron chi connectivity index (χ0n) is 11.9. The average molecular weight is 240 g/mol. The molecule has 1 N–H and O–H groups in total. The van der Waals surface area contributed by atoms with E-state index < -0.39 is 0 Å². The van der Waals surface area contributed by atoms with Crippen LogP contribution in [-0.2, 0) is 4.89 Å². The Balaban J connectivity index is 2.14. The highest BCUT2D eigenvalue weighted by atomic mass is 17.1. The van der Waals surface area contributed by atoms with Crippen LogP contribution in [0, 0.1) is 35.0 Å². The van der Waals surface area contributed by atoms with E-state index in [1.165, 1.54) is 12.8 Å². The van der Waals surface area contributed by atoms with Crippen LogP contribution in [-0.4, -0.2) is 11.4 Å². The van der Waals surface area contributed by atoms with E-state index in [0.29, 0.717) is 5.92 Å². The van der Waals surface area contributed by atoms with Crippen molar-refractivity contribution in [1.29, 1.82) is 0 Å². The van der Waals surface area contributed by atoms with Crippen LogP contribution in [0.25, 0.3) is 0 Å². The Bertz CT molecular complexity index is 272. The normalized spacial score (nSPS) is 43.1. The van der Waals surface area contributed by atoms with Gasteiger partial charge in [0, 0.05) is 0 Å². The maximum absolute atomic E-state index is 9.33. The van der Waals surface area contributed by atoms with E-state index in [0.717, 1.165) is 30.1 Å². The Morgan fingerprint density at radius 1 is 1.24 bits per heavy atom. The van der Waals surface area contributed by atoms with E-state index in [1.54, 1.807) is 0 Å². The maximum Gasteiger partial charge on any atom is 0.101 e. The van der Waals surface area contributed by atoms with Crippen molar-refractivity contribution in [3.8, 4) is 0 Å². The molecular formula is C15H28O2. The lowest BCUT2D eigenvalue weighted by atomic mass is 9.67.